The fourth-order valence-corrected chi connectivity index (χ4v) is 4.48. The van der Waals surface area contributed by atoms with Gasteiger partial charge in [0, 0.05) is 44.3 Å². The number of aliphatic imine (C=N–C) groups is 1. The summed E-state index contributed by atoms with van der Waals surface area (Å²) in [5.74, 6) is 2.32. The van der Waals surface area contributed by atoms with Crippen LogP contribution in [0.25, 0.3) is 0 Å². The van der Waals surface area contributed by atoms with E-state index in [-0.39, 0.29) is 24.0 Å². The number of nitrogens with one attached hydrogen (secondary N) is 1. The molecule has 2 aromatic heterocycles. The lowest BCUT2D eigenvalue weighted by atomic mass is 9.93. The number of guanidine groups is 1. The van der Waals surface area contributed by atoms with Crippen LogP contribution in [-0.2, 0) is 6.54 Å². The Morgan fingerprint density at radius 3 is 2.84 bits per heavy atom. The summed E-state index contributed by atoms with van der Waals surface area (Å²) >= 11 is 0. The molecule has 2 atom stereocenters. The molecule has 4 rings (SSSR count). The SMILES string of the molecule is CCNC(=NCc1ccnc(OC2CCCC2)c1)N1CCC(C)C(n2ccnc2)C1.I. The topological polar surface area (TPSA) is 67.6 Å². The van der Waals surface area contributed by atoms with E-state index in [9.17, 15) is 0 Å². The molecule has 1 N–H and O–H groups in total. The highest BCUT2D eigenvalue weighted by Gasteiger charge is 2.28. The Balaban J connectivity index is 0.00000272. The summed E-state index contributed by atoms with van der Waals surface area (Å²) < 4.78 is 8.29. The summed E-state index contributed by atoms with van der Waals surface area (Å²) in [5, 5.41) is 3.48. The van der Waals surface area contributed by atoms with Gasteiger partial charge in [-0.25, -0.2) is 15.0 Å². The lowest BCUT2D eigenvalue weighted by molar-refractivity contribution is 0.189. The summed E-state index contributed by atoms with van der Waals surface area (Å²) in [6.07, 6.45) is 13.9. The molecule has 0 bridgehead atoms. The van der Waals surface area contributed by atoms with Crippen molar-refractivity contribution in [3.63, 3.8) is 0 Å². The Morgan fingerprint density at radius 2 is 2.10 bits per heavy atom. The molecule has 31 heavy (non-hydrogen) atoms. The van der Waals surface area contributed by atoms with Gasteiger partial charge in [0.05, 0.1) is 18.9 Å². The molecule has 1 aliphatic heterocycles. The van der Waals surface area contributed by atoms with E-state index in [1.54, 1.807) is 0 Å². The molecule has 1 saturated heterocycles. The van der Waals surface area contributed by atoms with E-state index < -0.39 is 0 Å². The first-order chi connectivity index (χ1) is 14.7. The first kappa shape index (κ1) is 23.8. The highest BCUT2D eigenvalue weighted by atomic mass is 127. The van der Waals surface area contributed by atoms with Gasteiger partial charge in [-0.3, -0.25) is 0 Å². The predicted octanol–water partition coefficient (Wildman–Crippen LogP) is 4.27. The molecule has 0 aromatic carbocycles. The molecule has 2 aliphatic rings. The summed E-state index contributed by atoms with van der Waals surface area (Å²) in [4.78, 5) is 16.0. The zero-order valence-electron chi connectivity index (χ0n) is 18.6. The molecule has 2 aromatic rings. The molecule has 7 nitrogen and oxygen atoms in total. The third-order valence-corrected chi connectivity index (χ3v) is 6.26. The average molecular weight is 538 g/mol. The molecule has 0 radical (unpaired) electrons. The summed E-state index contributed by atoms with van der Waals surface area (Å²) in [6.45, 7) is 7.88. The quantitative estimate of drug-likeness (QED) is 0.338. The lowest BCUT2D eigenvalue weighted by Crippen LogP contribution is -2.49. The standard InChI is InChI=1S/C23H34N6O.HI/c1-3-25-23(28-12-9-18(2)21(16-28)29-13-11-24-17-29)27-15-19-8-10-26-22(14-19)30-20-6-4-5-7-20;/h8,10-11,13-14,17-18,20-21H,3-7,9,12,15-16H2,1-2H3,(H,25,27);1H. The second kappa shape index (κ2) is 11.7. The van der Waals surface area contributed by atoms with E-state index in [0.29, 0.717) is 24.6 Å². The van der Waals surface area contributed by atoms with Gasteiger partial charge in [-0.15, -0.1) is 24.0 Å². The highest BCUT2D eigenvalue weighted by Crippen LogP contribution is 2.27. The predicted molar refractivity (Wildman–Crippen MR) is 134 cm³/mol. The lowest BCUT2D eigenvalue weighted by Gasteiger charge is -2.39. The summed E-state index contributed by atoms with van der Waals surface area (Å²) in [7, 11) is 0. The van der Waals surface area contributed by atoms with Gasteiger partial charge in [-0.05, 0) is 56.6 Å². The minimum absolute atomic E-state index is 0. The van der Waals surface area contributed by atoms with Crippen molar-refractivity contribution < 1.29 is 4.74 Å². The van der Waals surface area contributed by atoms with Gasteiger partial charge in [0.25, 0.3) is 0 Å². The number of nitrogens with zero attached hydrogens (tertiary/aromatic N) is 5. The second-order valence-corrected chi connectivity index (χ2v) is 8.49. The maximum atomic E-state index is 6.06. The van der Waals surface area contributed by atoms with Crippen molar-refractivity contribution in [1.82, 2.24) is 24.8 Å². The Bertz CT molecular complexity index is 821. The molecule has 8 heteroatoms. The van der Waals surface area contributed by atoms with Crippen LogP contribution in [0.2, 0.25) is 0 Å². The smallest absolute Gasteiger partial charge is 0.213 e. The Morgan fingerprint density at radius 1 is 1.26 bits per heavy atom. The van der Waals surface area contributed by atoms with Gasteiger partial charge in [0.1, 0.15) is 6.10 Å². The van der Waals surface area contributed by atoms with E-state index in [0.717, 1.165) is 56.3 Å². The number of rotatable bonds is 6. The number of likely N-dealkylation sites (tertiary alicyclic amines) is 1. The monoisotopic (exact) mass is 538 g/mol. The third kappa shape index (κ3) is 6.33. The average Bonchev–Trinajstić information content (AvgIpc) is 3.46. The Labute approximate surface area is 202 Å². The minimum atomic E-state index is 0. The molecule has 1 saturated carbocycles. The Hall–Kier alpha value is -1.84. The molecule has 2 unspecified atom stereocenters. The number of pyridine rings is 1. The van der Waals surface area contributed by atoms with E-state index >= 15 is 0 Å². The van der Waals surface area contributed by atoms with Gasteiger partial charge in [0.2, 0.25) is 5.88 Å². The van der Waals surface area contributed by atoms with Crippen LogP contribution in [0.3, 0.4) is 0 Å². The number of ether oxygens (including phenoxy) is 1. The van der Waals surface area contributed by atoms with E-state index in [4.69, 9.17) is 9.73 Å². The van der Waals surface area contributed by atoms with Gasteiger partial charge in [-0.1, -0.05) is 6.92 Å². The maximum Gasteiger partial charge on any atom is 0.213 e. The Kier molecular flexibility index (Phi) is 8.98. The zero-order valence-corrected chi connectivity index (χ0v) is 20.9. The molecule has 170 valence electrons. The molecule has 2 fully saturated rings. The number of aromatic nitrogens is 3. The van der Waals surface area contributed by atoms with Crippen molar-refractivity contribution in [3.8, 4) is 5.88 Å². The summed E-state index contributed by atoms with van der Waals surface area (Å²) in [6, 6.07) is 4.48. The maximum absolute atomic E-state index is 6.06. The van der Waals surface area contributed by atoms with Crippen LogP contribution >= 0.6 is 24.0 Å². The molecule has 0 spiro atoms. The van der Waals surface area contributed by atoms with E-state index in [1.165, 1.54) is 12.8 Å². The minimum Gasteiger partial charge on any atom is -0.474 e. The van der Waals surface area contributed by atoms with Gasteiger partial charge < -0.3 is 19.5 Å². The van der Waals surface area contributed by atoms with Crippen molar-refractivity contribution in [2.75, 3.05) is 19.6 Å². The first-order valence-electron chi connectivity index (χ1n) is 11.3. The molecule has 0 amide bonds. The van der Waals surface area contributed by atoms with E-state index in [2.05, 4.69) is 44.8 Å². The van der Waals surface area contributed by atoms with Crippen molar-refractivity contribution in [1.29, 1.82) is 0 Å². The number of hydrogen-bond donors (Lipinski definition) is 1. The normalized spacial score (nSPS) is 22.3. The first-order valence-corrected chi connectivity index (χ1v) is 11.3. The van der Waals surface area contributed by atoms with Crippen molar-refractivity contribution >= 4 is 29.9 Å². The third-order valence-electron chi connectivity index (χ3n) is 6.26. The molecule has 3 heterocycles. The van der Waals surface area contributed by atoms with Crippen molar-refractivity contribution in [2.45, 2.75) is 64.6 Å². The number of hydrogen-bond acceptors (Lipinski definition) is 4. The fraction of sp³-hybridized carbons (Fsp3) is 0.609. The number of imidazole rings is 1. The van der Waals surface area contributed by atoms with Crippen LogP contribution in [0.1, 0.15) is 57.6 Å². The van der Waals surface area contributed by atoms with E-state index in [1.807, 2.05) is 30.9 Å². The van der Waals surface area contributed by atoms with Crippen LogP contribution in [0.4, 0.5) is 0 Å². The summed E-state index contributed by atoms with van der Waals surface area (Å²) in [5.41, 5.74) is 1.13. The van der Waals surface area contributed by atoms with Crippen LogP contribution in [0.5, 0.6) is 5.88 Å². The van der Waals surface area contributed by atoms with Gasteiger partial charge in [0.15, 0.2) is 5.96 Å². The fourth-order valence-electron chi connectivity index (χ4n) is 4.48. The largest absolute Gasteiger partial charge is 0.474 e. The van der Waals surface area contributed by atoms with Gasteiger partial charge in [-0.2, -0.15) is 0 Å². The molecule has 1 aliphatic carbocycles. The van der Waals surface area contributed by atoms with Crippen LogP contribution < -0.4 is 10.1 Å². The van der Waals surface area contributed by atoms with Crippen LogP contribution in [0, 0.1) is 5.92 Å². The number of piperidine rings is 1. The van der Waals surface area contributed by atoms with Crippen molar-refractivity contribution in [3.05, 3.63) is 42.6 Å². The second-order valence-electron chi connectivity index (χ2n) is 8.49. The number of halogens is 1. The van der Waals surface area contributed by atoms with Crippen LogP contribution in [-0.4, -0.2) is 51.1 Å². The van der Waals surface area contributed by atoms with Crippen molar-refractivity contribution in [2.24, 2.45) is 10.9 Å². The van der Waals surface area contributed by atoms with Gasteiger partial charge >= 0.3 is 0 Å². The zero-order chi connectivity index (χ0) is 20.8. The highest BCUT2D eigenvalue weighted by molar-refractivity contribution is 14.0. The molecular formula is C23H35IN6O. The van der Waals surface area contributed by atoms with Crippen LogP contribution in [0.15, 0.2) is 42.0 Å². The molecular weight excluding hydrogens is 503 g/mol.